The quantitative estimate of drug-likeness (QED) is 0.253. The smallest absolute Gasteiger partial charge is 0.306 e. The first-order valence-corrected chi connectivity index (χ1v) is 11.5. The maximum Gasteiger partial charge on any atom is 0.306 e. The molecule has 0 bridgehead atoms. The highest BCUT2D eigenvalue weighted by Gasteiger charge is 2.27. The van der Waals surface area contributed by atoms with Crippen LogP contribution in [0.25, 0.3) is 22.5 Å². The molecule has 3 aromatic rings. The number of rotatable bonds is 10. The number of phenols is 2. The molecule has 0 aliphatic rings. The van der Waals surface area contributed by atoms with Crippen LogP contribution in [0.3, 0.4) is 0 Å². The van der Waals surface area contributed by atoms with Gasteiger partial charge in [-0.15, -0.1) is 0 Å². The van der Waals surface area contributed by atoms with Gasteiger partial charge in [-0.3, -0.25) is 9.59 Å². The molecule has 0 radical (unpaired) electrons. The van der Waals surface area contributed by atoms with E-state index in [1.165, 1.54) is 13.2 Å². The Hall–Kier alpha value is -3.85. The molecule has 1 aromatic heterocycles. The number of ether oxygens (including phenoxy) is 1. The summed E-state index contributed by atoms with van der Waals surface area (Å²) in [5.74, 6) is -0.644. The zero-order valence-electron chi connectivity index (χ0n) is 20.3. The highest BCUT2D eigenvalue weighted by Crippen LogP contribution is 2.43. The maximum absolute atomic E-state index is 12.7. The van der Waals surface area contributed by atoms with Crippen molar-refractivity contribution >= 4 is 11.9 Å². The molecule has 0 atom stereocenters. The van der Waals surface area contributed by atoms with Crippen LogP contribution in [0.1, 0.15) is 54.7 Å². The molecule has 1 heterocycles. The third-order valence-corrected chi connectivity index (χ3v) is 5.56. The van der Waals surface area contributed by atoms with E-state index in [2.05, 4.69) is 20.5 Å². The Labute approximate surface area is 204 Å². The Morgan fingerprint density at radius 1 is 1.11 bits per heavy atom. The van der Waals surface area contributed by atoms with E-state index in [9.17, 15) is 19.8 Å². The molecular weight excluding hydrogens is 450 g/mol. The molecule has 0 saturated heterocycles. The Bertz CT molecular complexity index is 1180. The van der Waals surface area contributed by atoms with Crippen LogP contribution in [0.4, 0.5) is 0 Å². The van der Waals surface area contributed by atoms with Gasteiger partial charge in [-0.05, 0) is 35.6 Å². The highest BCUT2D eigenvalue weighted by molar-refractivity contribution is 6.02. The first kappa shape index (κ1) is 25.8. The molecule has 0 fully saturated rings. The molecule has 9 heteroatoms. The van der Waals surface area contributed by atoms with Gasteiger partial charge in [0.25, 0.3) is 5.91 Å². The molecule has 3 rings (SSSR count). The fourth-order valence-electron chi connectivity index (χ4n) is 3.69. The second-order valence-electron chi connectivity index (χ2n) is 8.38. The number of nitrogens with one attached hydrogen (secondary N) is 2. The van der Waals surface area contributed by atoms with Crippen LogP contribution < -0.4 is 10.6 Å². The lowest BCUT2D eigenvalue weighted by atomic mass is 9.94. The second-order valence-corrected chi connectivity index (χ2v) is 8.38. The van der Waals surface area contributed by atoms with Gasteiger partial charge in [-0.1, -0.05) is 43.3 Å². The third-order valence-electron chi connectivity index (χ3n) is 5.56. The highest BCUT2D eigenvalue weighted by atomic mass is 16.5. The number of hydrogen-bond donors (Lipinski definition) is 4. The molecule has 4 N–H and O–H groups in total. The summed E-state index contributed by atoms with van der Waals surface area (Å²) >= 11 is 0. The van der Waals surface area contributed by atoms with Crippen LogP contribution in [0, 0.1) is 0 Å². The van der Waals surface area contributed by atoms with E-state index in [4.69, 9.17) is 4.52 Å². The SMILES string of the molecule is CCNC(=O)c1noc(-c2cc(C(C)C)c(O)cc2O)c1-c1ccc(CNCCC(=O)OC)cc1. The molecule has 9 nitrogen and oxygen atoms in total. The summed E-state index contributed by atoms with van der Waals surface area (Å²) in [4.78, 5) is 24.0. The molecule has 186 valence electrons. The average molecular weight is 482 g/mol. The van der Waals surface area contributed by atoms with Crippen LogP contribution in [0.2, 0.25) is 0 Å². The number of amides is 1. The first-order chi connectivity index (χ1) is 16.8. The number of esters is 1. The van der Waals surface area contributed by atoms with Crippen LogP contribution in [0.15, 0.2) is 40.9 Å². The number of hydrogen-bond acceptors (Lipinski definition) is 8. The fourth-order valence-corrected chi connectivity index (χ4v) is 3.69. The van der Waals surface area contributed by atoms with Gasteiger partial charge in [-0.2, -0.15) is 0 Å². The molecule has 0 saturated carbocycles. The lowest BCUT2D eigenvalue weighted by molar-refractivity contribution is -0.140. The van der Waals surface area contributed by atoms with E-state index in [0.717, 1.165) is 5.56 Å². The van der Waals surface area contributed by atoms with Crippen molar-refractivity contribution in [3.63, 3.8) is 0 Å². The van der Waals surface area contributed by atoms with E-state index < -0.39 is 5.91 Å². The van der Waals surface area contributed by atoms with E-state index in [1.807, 2.05) is 38.1 Å². The molecule has 0 unspecified atom stereocenters. The van der Waals surface area contributed by atoms with Crippen molar-refractivity contribution in [3.05, 3.63) is 53.2 Å². The van der Waals surface area contributed by atoms with Crippen LogP contribution in [-0.2, 0) is 16.1 Å². The molecule has 1 amide bonds. The topological polar surface area (TPSA) is 134 Å². The third kappa shape index (κ3) is 5.99. The summed E-state index contributed by atoms with van der Waals surface area (Å²) in [5, 5.41) is 30.8. The van der Waals surface area contributed by atoms with Gasteiger partial charge in [0.1, 0.15) is 11.5 Å². The summed E-state index contributed by atoms with van der Waals surface area (Å²) in [6.07, 6.45) is 0.281. The van der Waals surface area contributed by atoms with E-state index in [1.54, 1.807) is 13.0 Å². The largest absolute Gasteiger partial charge is 0.508 e. The number of methoxy groups -OCH3 is 1. The van der Waals surface area contributed by atoms with Crippen LogP contribution in [0.5, 0.6) is 11.5 Å². The van der Waals surface area contributed by atoms with Crippen molar-refractivity contribution in [2.24, 2.45) is 0 Å². The summed E-state index contributed by atoms with van der Waals surface area (Å²) in [5.41, 5.74) is 3.16. The minimum Gasteiger partial charge on any atom is -0.508 e. The van der Waals surface area contributed by atoms with Gasteiger partial charge in [0.2, 0.25) is 0 Å². The van der Waals surface area contributed by atoms with E-state index in [0.29, 0.717) is 41.9 Å². The Morgan fingerprint density at radius 2 is 1.83 bits per heavy atom. The van der Waals surface area contributed by atoms with Gasteiger partial charge in [-0.25, -0.2) is 0 Å². The fraction of sp³-hybridized carbons (Fsp3) is 0.346. The number of aromatic hydroxyl groups is 2. The minimum absolute atomic E-state index is 0.00505. The normalized spacial score (nSPS) is 11.0. The predicted molar refractivity (Wildman–Crippen MR) is 131 cm³/mol. The second kappa shape index (κ2) is 11.5. The van der Waals surface area contributed by atoms with Gasteiger partial charge in [0.15, 0.2) is 11.5 Å². The Morgan fingerprint density at radius 3 is 2.46 bits per heavy atom. The molecule has 0 spiro atoms. The van der Waals surface area contributed by atoms with Gasteiger partial charge >= 0.3 is 5.97 Å². The zero-order valence-corrected chi connectivity index (χ0v) is 20.3. The Kier molecular flexibility index (Phi) is 8.48. The van der Waals surface area contributed by atoms with Crippen LogP contribution >= 0.6 is 0 Å². The number of nitrogens with zero attached hydrogens (tertiary/aromatic N) is 1. The summed E-state index contributed by atoms with van der Waals surface area (Å²) in [7, 11) is 1.36. The van der Waals surface area contributed by atoms with Crippen molar-refractivity contribution in [3.8, 4) is 33.9 Å². The van der Waals surface area contributed by atoms with Gasteiger partial charge in [0, 0.05) is 25.7 Å². The molecule has 0 aliphatic heterocycles. The molecular formula is C26H31N3O6. The standard InChI is InChI=1S/C26H31N3O6/c1-5-28-26(33)24-23(17-8-6-16(7-9-17)14-27-11-10-22(32)34-4)25(35-29-24)19-12-18(15(2)3)20(30)13-21(19)31/h6-9,12-13,15,27,30-31H,5,10-11,14H2,1-4H3,(H,28,33). The number of carbonyl (C=O) groups excluding carboxylic acids is 2. The minimum atomic E-state index is -0.395. The molecule has 35 heavy (non-hydrogen) atoms. The predicted octanol–water partition coefficient (Wildman–Crippen LogP) is 3.95. The van der Waals surface area contributed by atoms with Crippen molar-refractivity contribution in [2.75, 3.05) is 20.2 Å². The monoisotopic (exact) mass is 481 g/mol. The van der Waals surface area contributed by atoms with Crippen molar-refractivity contribution < 1.29 is 29.1 Å². The van der Waals surface area contributed by atoms with Gasteiger partial charge in [0.05, 0.1) is 24.7 Å². The average Bonchev–Trinajstić information content (AvgIpc) is 3.27. The zero-order chi connectivity index (χ0) is 25.5. The number of aromatic nitrogens is 1. The van der Waals surface area contributed by atoms with E-state index in [-0.39, 0.29) is 41.3 Å². The summed E-state index contributed by atoms with van der Waals surface area (Å²) in [6.45, 7) is 7.11. The van der Waals surface area contributed by atoms with Crippen molar-refractivity contribution in [1.82, 2.24) is 15.8 Å². The summed E-state index contributed by atoms with van der Waals surface area (Å²) in [6, 6.07) is 10.4. The Balaban J connectivity index is 1.98. The summed E-state index contributed by atoms with van der Waals surface area (Å²) < 4.78 is 10.2. The van der Waals surface area contributed by atoms with E-state index >= 15 is 0 Å². The maximum atomic E-state index is 12.7. The van der Waals surface area contributed by atoms with Crippen molar-refractivity contribution in [1.29, 1.82) is 0 Å². The van der Waals surface area contributed by atoms with Gasteiger partial charge < -0.3 is 30.1 Å². The number of benzene rings is 2. The number of phenolic OH excluding ortho intramolecular Hbond substituents is 2. The lowest BCUT2D eigenvalue weighted by Crippen LogP contribution is -2.23. The first-order valence-electron chi connectivity index (χ1n) is 11.5. The van der Waals surface area contributed by atoms with Crippen molar-refractivity contribution in [2.45, 2.75) is 39.7 Å². The van der Waals surface area contributed by atoms with Crippen LogP contribution in [-0.4, -0.2) is 47.4 Å². The number of carbonyl (C=O) groups is 2. The molecule has 0 aliphatic carbocycles. The lowest BCUT2D eigenvalue weighted by Gasteiger charge is -2.12. The molecule has 2 aromatic carbocycles.